The molecule has 0 radical (unpaired) electrons. The molecule has 1 heterocycles. The Bertz CT molecular complexity index is 799. The van der Waals surface area contributed by atoms with Crippen molar-refractivity contribution in [2.24, 2.45) is 0 Å². The fourth-order valence-electron chi connectivity index (χ4n) is 2.56. The minimum Gasteiger partial charge on any atom is -0.322 e. The summed E-state index contributed by atoms with van der Waals surface area (Å²) in [6.45, 7) is 7.42. The third-order valence-electron chi connectivity index (χ3n) is 3.54. The number of hydrogen-bond donors (Lipinski definition) is 1. The first-order valence-electron chi connectivity index (χ1n) is 7.99. The Morgan fingerprint density at radius 3 is 2.52 bits per heavy atom. The average Bonchev–Trinajstić information content (AvgIpc) is 3.08. The number of pyridine rings is 1. The van der Waals surface area contributed by atoms with Crippen LogP contribution in [0, 0.1) is 10.1 Å². The van der Waals surface area contributed by atoms with Crippen molar-refractivity contribution in [2.75, 3.05) is 0 Å². The second kappa shape index (κ2) is 8.88. The molecular weight excluding hydrogens is 292 g/mol. The highest BCUT2D eigenvalue weighted by Gasteiger charge is 2.13. The molecule has 2 rings (SSSR count). The molecule has 0 unspecified atom stereocenters. The summed E-state index contributed by atoms with van der Waals surface area (Å²) >= 11 is 0. The van der Waals surface area contributed by atoms with Crippen molar-refractivity contribution in [3.8, 4) is 0 Å². The standard InChI is InChI=1S/C16H18N2O3.C2H6/c1-3-7-15(18(20)21)13-10-14(11-8-5-6-9-11)17-16(19)12(13)4-2;1-2/h3-4,7-8,10H,5-6,9H2,1-2H3,(H,17,19);1-2H3/b7-3-,12-4+,15-13+;. The highest BCUT2D eigenvalue weighted by molar-refractivity contribution is 5.65. The Morgan fingerprint density at radius 1 is 1.35 bits per heavy atom. The Hall–Kier alpha value is -2.43. The molecule has 1 aromatic rings. The van der Waals surface area contributed by atoms with E-state index >= 15 is 0 Å². The molecule has 1 aliphatic carbocycles. The van der Waals surface area contributed by atoms with Crippen molar-refractivity contribution >= 4 is 17.3 Å². The van der Waals surface area contributed by atoms with E-state index in [1.165, 1.54) is 6.08 Å². The van der Waals surface area contributed by atoms with Crippen LogP contribution in [0.5, 0.6) is 0 Å². The number of nitrogens with one attached hydrogen (secondary N) is 1. The van der Waals surface area contributed by atoms with E-state index in [0.717, 1.165) is 24.8 Å². The lowest BCUT2D eigenvalue weighted by Crippen LogP contribution is -2.43. The van der Waals surface area contributed by atoms with Crippen molar-refractivity contribution < 1.29 is 4.92 Å². The van der Waals surface area contributed by atoms with Gasteiger partial charge in [-0.2, -0.15) is 0 Å². The third-order valence-corrected chi connectivity index (χ3v) is 3.54. The minimum absolute atomic E-state index is 0.0588. The van der Waals surface area contributed by atoms with Gasteiger partial charge in [-0.05, 0) is 44.7 Å². The smallest absolute Gasteiger partial charge is 0.277 e. The van der Waals surface area contributed by atoms with Crippen LogP contribution in [0.25, 0.3) is 17.3 Å². The van der Waals surface area contributed by atoms with Crippen LogP contribution in [0.2, 0.25) is 0 Å². The van der Waals surface area contributed by atoms with E-state index in [-0.39, 0.29) is 11.3 Å². The van der Waals surface area contributed by atoms with Crippen LogP contribution in [-0.4, -0.2) is 9.91 Å². The molecule has 23 heavy (non-hydrogen) atoms. The quantitative estimate of drug-likeness (QED) is 0.688. The lowest BCUT2D eigenvalue weighted by Gasteiger charge is -2.03. The summed E-state index contributed by atoms with van der Waals surface area (Å²) in [5, 5.41) is 12.0. The maximum Gasteiger partial charge on any atom is 0.277 e. The van der Waals surface area contributed by atoms with Gasteiger partial charge < -0.3 is 4.98 Å². The molecule has 5 heteroatoms. The first-order valence-corrected chi connectivity index (χ1v) is 7.99. The van der Waals surface area contributed by atoms with Crippen LogP contribution < -0.4 is 16.0 Å². The zero-order valence-corrected chi connectivity index (χ0v) is 14.2. The Labute approximate surface area is 135 Å². The van der Waals surface area contributed by atoms with Crippen molar-refractivity contribution in [3.63, 3.8) is 0 Å². The molecule has 0 amide bonds. The van der Waals surface area contributed by atoms with Crippen LogP contribution in [0.3, 0.4) is 0 Å². The van der Waals surface area contributed by atoms with Crippen LogP contribution in [0.1, 0.15) is 52.7 Å². The predicted octanol–water partition coefficient (Wildman–Crippen LogP) is 2.73. The van der Waals surface area contributed by atoms with E-state index in [2.05, 4.69) is 11.1 Å². The number of allylic oxidation sites excluding steroid dienone is 3. The van der Waals surface area contributed by atoms with Gasteiger partial charge >= 0.3 is 0 Å². The fourth-order valence-corrected chi connectivity index (χ4v) is 2.56. The van der Waals surface area contributed by atoms with Crippen molar-refractivity contribution in [1.29, 1.82) is 0 Å². The largest absolute Gasteiger partial charge is 0.322 e. The van der Waals surface area contributed by atoms with E-state index in [4.69, 9.17) is 0 Å². The Morgan fingerprint density at radius 2 is 2.04 bits per heavy atom. The van der Waals surface area contributed by atoms with Gasteiger partial charge in [0.15, 0.2) is 0 Å². The Kier molecular flexibility index (Phi) is 7.19. The summed E-state index contributed by atoms with van der Waals surface area (Å²) in [5.74, 6) is 0. The number of nitro groups is 1. The summed E-state index contributed by atoms with van der Waals surface area (Å²) < 4.78 is 0. The number of aromatic amines is 1. The van der Waals surface area contributed by atoms with Crippen LogP contribution in [0.15, 0.2) is 29.1 Å². The summed E-state index contributed by atoms with van der Waals surface area (Å²) in [6.07, 6.45) is 9.63. The van der Waals surface area contributed by atoms with E-state index in [0.29, 0.717) is 16.1 Å². The van der Waals surface area contributed by atoms with Gasteiger partial charge in [0.05, 0.1) is 10.1 Å². The van der Waals surface area contributed by atoms with Crippen molar-refractivity contribution in [1.82, 2.24) is 4.98 Å². The van der Waals surface area contributed by atoms with Crippen LogP contribution >= 0.6 is 0 Å². The van der Waals surface area contributed by atoms with Gasteiger partial charge in [-0.1, -0.05) is 32.1 Å². The summed E-state index contributed by atoms with van der Waals surface area (Å²) in [4.78, 5) is 25.9. The van der Waals surface area contributed by atoms with E-state index in [9.17, 15) is 14.9 Å². The molecule has 1 aliphatic rings. The Balaban J connectivity index is 0.00000127. The van der Waals surface area contributed by atoms with E-state index < -0.39 is 4.92 Å². The first-order chi connectivity index (χ1) is 11.1. The molecule has 1 N–H and O–H groups in total. The molecule has 0 bridgehead atoms. The monoisotopic (exact) mass is 316 g/mol. The van der Waals surface area contributed by atoms with Gasteiger partial charge in [-0.25, -0.2) is 0 Å². The molecule has 0 aliphatic heterocycles. The number of rotatable bonds is 3. The summed E-state index contributed by atoms with van der Waals surface area (Å²) in [6, 6.07) is 1.71. The summed E-state index contributed by atoms with van der Waals surface area (Å²) in [5.41, 5.74) is 1.39. The number of hydrogen-bond acceptors (Lipinski definition) is 3. The van der Waals surface area contributed by atoms with Gasteiger partial charge in [0, 0.05) is 17.0 Å². The topological polar surface area (TPSA) is 76.0 Å². The predicted molar refractivity (Wildman–Crippen MR) is 94.8 cm³/mol. The second-order valence-electron chi connectivity index (χ2n) is 4.89. The van der Waals surface area contributed by atoms with Gasteiger partial charge in [-0.3, -0.25) is 14.9 Å². The zero-order chi connectivity index (χ0) is 17.4. The van der Waals surface area contributed by atoms with Gasteiger partial charge in [0.25, 0.3) is 11.3 Å². The molecule has 0 fully saturated rings. The third kappa shape index (κ3) is 4.28. The highest BCUT2D eigenvalue weighted by atomic mass is 16.6. The molecule has 0 atom stereocenters. The second-order valence-corrected chi connectivity index (χ2v) is 4.89. The molecule has 0 spiro atoms. The molecule has 5 nitrogen and oxygen atoms in total. The maximum absolute atomic E-state index is 12.2. The molecular formula is C18H24N2O3. The minimum atomic E-state index is -0.450. The van der Waals surface area contributed by atoms with E-state index in [1.54, 1.807) is 32.1 Å². The zero-order valence-electron chi connectivity index (χ0n) is 14.2. The molecule has 0 aromatic carbocycles. The van der Waals surface area contributed by atoms with Gasteiger partial charge in [0.2, 0.25) is 0 Å². The number of aromatic nitrogens is 1. The van der Waals surface area contributed by atoms with Crippen LogP contribution in [-0.2, 0) is 0 Å². The maximum atomic E-state index is 12.2. The number of nitrogens with zero attached hydrogens (tertiary/aromatic N) is 1. The normalized spacial score (nSPS) is 16.0. The highest BCUT2D eigenvalue weighted by Crippen LogP contribution is 2.24. The average molecular weight is 316 g/mol. The lowest BCUT2D eigenvalue weighted by molar-refractivity contribution is -0.375. The number of H-pyrrole nitrogens is 1. The lowest BCUT2D eigenvalue weighted by atomic mass is 10.1. The molecule has 0 saturated carbocycles. The summed E-state index contributed by atoms with van der Waals surface area (Å²) in [7, 11) is 0. The fraction of sp³-hybridized carbons (Fsp3) is 0.389. The molecule has 1 aromatic heterocycles. The molecule has 0 saturated heterocycles. The SMILES string of the molecule is CC.C\C=C/C(=c1/cc(C2=CCCC2)[nH]c(=O)/c1=C/C)[N+](=O)[O-]. The van der Waals surface area contributed by atoms with Crippen molar-refractivity contribution in [3.05, 3.63) is 60.9 Å². The van der Waals surface area contributed by atoms with Gasteiger partial charge in [-0.15, -0.1) is 0 Å². The van der Waals surface area contributed by atoms with Crippen molar-refractivity contribution in [2.45, 2.75) is 47.0 Å². The first kappa shape index (κ1) is 18.6. The molecule has 124 valence electrons. The van der Waals surface area contributed by atoms with Crippen LogP contribution in [0.4, 0.5) is 0 Å². The van der Waals surface area contributed by atoms with E-state index in [1.807, 2.05) is 13.8 Å². The van der Waals surface area contributed by atoms with Gasteiger partial charge in [0.1, 0.15) is 0 Å².